The van der Waals surface area contributed by atoms with Gasteiger partial charge in [0.15, 0.2) is 0 Å². The molecule has 0 bridgehead atoms. The topological polar surface area (TPSA) is 50.4 Å². The van der Waals surface area contributed by atoms with Gasteiger partial charge in [0.1, 0.15) is 11.4 Å². The predicted octanol–water partition coefficient (Wildman–Crippen LogP) is 2.33. The molecule has 0 radical (unpaired) electrons. The normalized spacial score (nSPS) is 19.1. The average Bonchev–Trinajstić information content (AvgIpc) is 2.46. The zero-order valence-electron chi connectivity index (χ0n) is 10.4. The number of carbonyl (C=O) groups excluding carboxylic acids is 1. The molecule has 2 N–H and O–H groups in total. The number of hydrogen-bond donors (Lipinski definition) is 2. The van der Waals surface area contributed by atoms with Gasteiger partial charge in [-0.2, -0.15) is 0 Å². The Kier molecular flexibility index (Phi) is 3.22. The monoisotopic (exact) mass is 234 g/mol. The molecule has 1 heterocycles. The Labute approximate surface area is 101 Å². The minimum Gasteiger partial charge on any atom is -0.494 e. The summed E-state index contributed by atoms with van der Waals surface area (Å²) in [5.41, 5.74) is 1.66. The summed E-state index contributed by atoms with van der Waals surface area (Å²) in [6.07, 6.45) is 0. The first-order valence-electron chi connectivity index (χ1n) is 5.85. The number of ether oxygens (including phenoxy) is 1. The minimum absolute atomic E-state index is 0.0212. The molecule has 0 spiro atoms. The second kappa shape index (κ2) is 4.65. The molecule has 4 heteroatoms. The van der Waals surface area contributed by atoms with E-state index in [-0.39, 0.29) is 11.8 Å². The Bertz CT molecular complexity index is 429. The van der Waals surface area contributed by atoms with E-state index in [0.29, 0.717) is 18.2 Å². The van der Waals surface area contributed by atoms with Gasteiger partial charge < -0.3 is 15.4 Å². The van der Waals surface area contributed by atoms with Crippen LogP contribution >= 0.6 is 0 Å². The van der Waals surface area contributed by atoms with Gasteiger partial charge in [-0.05, 0) is 18.1 Å². The quantitative estimate of drug-likeness (QED) is 0.825. The van der Waals surface area contributed by atoms with Gasteiger partial charge >= 0.3 is 0 Å². The van der Waals surface area contributed by atoms with Gasteiger partial charge in [-0.15, -0.1) is 0 Å². The SMILES string of the molecule is COc1cccc2c1NC(=O)C(C(C)C)CN2. The van der Waals surface area contributed by atoms with Crippen molar-refractivity contribution in [2.75, 3.05) is 24.3 Å². The molecule has 0 fully saturated rings. The Morgan fingerprint density at radius 1 is 1.41 bits per heavy atom. The van der Waals surface area contributed by atoms with Crippen molar-refractivity contribution < 1.29 is 9.53 Å². The van der Waals surface area contributed by atoms with Gasteiger partial charge in [0.2, 0.25) is 5.91 Å². The minimum atomic E-state index is -0.0212. The lowest BCUT2D eigenvalue weighted by Gasteiger charge is -2.16. The number of benzene rings is 1. The average molecular weight is 234 g/mol. The van der Waals surface area contributed by atoms with Gasteiger partial charge in [0, 0.05) is 6.54 Å². The molecule has 1 unspecified atom stereocenters. The van der Waals surface area contributed by atoms with E-state index in [1.54, 1.807) is 7.11 Å². The molecule has 1 aromatic carbocycles. The van der Waals surface area contributed by atoms with Gasteiger partial charge in [-0.1, -0.05) is 19.9 Å². The van der Waals surface area contributed by atoms with Crippen LogP contribution in [-0.4, -0.2) is 19.6 Å². The van der Waals surface area contributed by atoms with E-state index in [2.05, 4.69) is 24.5 Å². The van der Waals surface area contributed by atoms with Crippen LogP contribution in [0.1, 0.15) is 13.8 Å². The van der Waals surface area contributed by atoms with Crippen LogP contribution < -0.4 is 15.4 Å². The molecule has 4 nitrogen and oxygen atoms in total. The third-order valence-corrected chi connectivity index (χ3v) is 3.15. The maximum Gasteiger partial charge on any atom is 0.229 e. The first kappa shape index (κ1) is 11.8. The van der Waals surface area contributed by atoms with Gasteiger partial charge in [-0.25, -0.2) is 0 Å². The number of para-hydroxylation sites is 1. The number of hydrogen-bond acceptors (Lipinski definition) is 3. The fourth-order valence-corrected chi connectivity index (χ4v) is 2.04. The molecule has 1 atom stereocenters. The van der Waals surface area contributed by atoms with Gasteiger partial charge in [-0.3, -0.25) is 4.79 Å². The second-order valence-electron chi connectivity index (χ2n) is 4.60. The zero-order valence-corrected chi connectivity index (χ0v) is 10.4. The smallest absolute Gasteiger partial charge is 0.229 e. The standard InChI is InChI=1S/C13H18N2O2/c1-8(2)9-7-14-10-5-4-6-11(17-3)12(10)15-13(9)16/h4-6,8-9,14H,7H2,1-3H3,(H,15,16). The van der Waals surface area contributed by atoms with Gasteiger partial charge in [0.25, 0.3) is 0 Å². The van der Waals surface area contributed by atoms with Crippen molar-refractivity contribution in [3.05, 3.63) is 18.2 Å². The highest BCUT2D eigenvalue weighted by molar-refractivity contribution is 5.99. The van der Waals surface area contributed by atoms with E-state index in [4.69, 9.17) is 4.74 Å². The third-order valence-electron chi connectivity index (χ3n) is 3.15. The Morgan fingerprint density at radius 3 is 2.82 bits per heavy atom. The fourth-order valence-electron chi connectivity index (χ4n) is 2.04. The molecule has 0 saturated carbocycles. The summed E-state index contributed by atoms with van der Waals surface area (Å²) in [4.78, 5) is 12.1. The molecule has 1 amide bonds. The van der Waals surface area contributed by atoms with Crippen LogP contribution in [-0.2, 0) is 4.79 Å². The van der Waals surface area contributed by atoms with E-state index in [1.165, 1.54) is 0 Å². The predicted molar refractivity (Wildman–Crippen MR) is 68.4 cm³/mol. The summed E-state index contributed by atoms with van der Waals surface area (Å²) in [6.45, 7) is 4.77. The van der Waals surface area contributed by atoms with Crippen LogP contribution in [0.15, 0.2) is 18.2 Å². The number of fused-ring (bicyclic) bond motifs is 1. The maximum absolute atomic E-state index is 12.1. The Morgan fingerprint density at radius 2 is 2.18 bits per heavy atom. The third kappa shape index (κ3) is 2.20. The van der Waals surface area contributed by atoms with E-state index >= 15 is 0 Å². The molecule has 2 rings (SSSR count). The molecule has 92 valence electrons. The lowest BCUT2D eigenvalue weighted by molar-refractivity contribution is -0.120. The number of nitrogens with one attached hydrogen (secondary N) is 2. The van der Waals surface area contributed by atoms with Crippen LogP contribution in [0.25, 0.3) is 0 Å². The van der Waals surface area contributed by atoms with Crippen molar-refractivity contribution in [1.29, 1.82) is 0 Å². The van der Waals surface area contributed by atoms with Crippen molar-refractivity contribution in [3.8, 4) is 5.75 Å². The van der Waals surface area contributed by atoms with E-state index in [0.717, 1.165) is 11.4 Å². The molecule has 1 aliphatic rings. The van der Waals surface area contributed by atoms with E-state index in [9.17, 15) is 4.79 Å². The van der Waals surface area contributed by atoms with Crippen LogP contribution in [0.2, 0.25) is 0 Å². The molecule has 17 heavy (non-hydrogen) atoms. The highest BCUT2D eigenvalue weighted by Crippen LogP contribution is 2.35. The molecule has 1 aromatic rings. The molecular formula is C13H18N2O2. The number of anilines is 2. The second-order valence-corrected chi connectivity index (χ2v) is 4.60. The highest BCUT2D eigenvalue weighted by atomic mass is 16.5. The van der Waals surface area contributed by atoms with Crippen LogP contribution in [0.5, 0.6) is 5.75 Å². The largest absolute Gasteiger partial charge is 0.494 e. The zero-order chi connectivity index (χ0) is 12.4. The summed E-state index contributed by atoms with van der Waals surface area (Å²) in [7, 11) is 1.60. The summed E-state index contributed by atoms with van der Waals surface area (Å²) in [5.74, 6) is 1.03. The van der Waals surface area contributed by atoms with Crippen molar-refractivity contribution in [2.45, 2.75) is 13.8 Å². The fraction of sp³-hybridized carbons (Fsp3) is 0.462. The summed E-state index contributed by atoms with van der Waals surface area (Å²) < 4.78 is 5.26. The van der Waals surface area contributed by atoms with Crippen molar-refractivity contribution >= 4 is 17.3 Å². The Hall–Kier alpha value is -1.71. The van der Waals surface area contributed by atoms with Crippen molar-refractivity contribution in [2.24, 2.45) is 11.8 Å². The van der Waals surface area contributed by atoms with E-state index < -0.39 is 0 Å². The maximum atomic E-state index is 12.1. The van der Waals surface area contributed by atoms with Crippen LogP contribution in [0.3, 0.4) is 0 Å². The lowest BCUT2D eigenvalue weighted by Crippen LogP contribution is -2.30. The molecule has 0 saturated heterocycles. The number of methoxy groups -OCH3 is 1. The van der Waals surface area contributed by atoms with Crippen molar-refractivity contribution in [3.63, 3.8) is 0 Å². The summed E-state index contributed by atoms with van der Waals surface area (Å²) >= 11 is 0. The van der Waals surface area contributed by atoms with E-state index in [1.807, 2.05) is 18.2 Å². The Balaban J connectivity index is 2.35. The summed E-state index contributed by atoms with van der Waals surface area (Å²) in [5, 5.41) is 6.25. The lowest BCUT2D eigenvalue weighted by atomic mass is 9.95. The van der Waals surface area contributed by atoms with Crippen LogP contribution in [0, 0.1) is 11.8 Å². The molecule has 0 aromatic heterocycles. The highest BCUT2D eigenvalue weighted by Gasteiger charge is 2.27. The number of carbonyl (C=O) groups is 1. The molecular weight excluding hydrogens is 216 g/mol. The van der Waals surface area contributed by atoms with Crippen LogP contribution in [0.4, 0.5) is 11.4 Å². The first-order chi connectivity index (χ1) is 8.13. The van der Waals surface area contributed by atoms with Crippen molar-refractivity contribution in [1.82, 2.24) is 0 Å². The van der Waals surface area contributed by atoms with Gasteiger partial charge in [0.05, 0.1) is 18.7 Å². The first-order valence-corrected chi connectivity index (χ1v) is 5.85. The summed E-state index contributed by atoms with van der Waals surface area (Å²) in [6, 6.07) is 5.70. The molecule has 1 aliphatic heterocycles. The molecule has 0 aliphatic carbocycles. The number of rotatable bonds is 2. The number of amides is 1.